The third kappa shape index (κ3) is 2.84. The lowest BCUT2D eigenvalue weighted by Crippen LogP contribution is -2.14. The van der Waals surface area contributed by atoms with Crippen molar-refractivity contribution < 1.29 is 0 Å². The summed E-state index contributed by atoms with van der Waals surface area (Å²) in [4.78, 5) is 2.21. The minimum absolute atomic E-state index is 0.169. The van der Waals surface area contributed by atoms with Crippen LogP contribution in [0.15, 0.2) is 18.2 Å². The Morgan fingerprint density at radius 3 is 2.31 bits per heavy atom. The van der Waals surface area contributed by atoms with Crippen molar-refractivity contribution in [3.8, 4) is 0 Å². The predicted molar refractivity (Wildman–Crippen MR) is 61.8 cm³/mol. The molecule has 0 saturated heterocycles. The molecule has 0 N–H and O–H groups in total. The van der Waals surface area contributed by atoms with E-state index in [9.17, 15) is 0 Å². The molecular weight excluding hydrogens is 273 g/mol. The molecule has 1 aromatic rings. The third-order valence-electron chi connectivity index (χ3n) is 1.67. The lowest BCUT2D eigenvalue weighted by Gasteiger charge is -2.18. The second-order valence-corrected chi connectivity index (χ2v) is 4.65. The zero-order valence-corrected chi connectivity index (χ0v) is 10.5. The Hall–Kier alpha value is 0.240. The number of nitrogens with zero attached hydrogens (tertiary/aromatic N) is 1. The van der Waals surface area contributed by atoms with Gasteiger partial charge in [-0.25, -0.2) is 0 Å². The second kappa shape index (κ2) is 4.65. The van der Waals surface area contributed by atoms with E-state index in [0.29, 0.717) is 10.0 Å². The molecule has 1 nitrogen and oxygen atoms in total. The van der Waals surface area contributed by atoms with Gasteiger partial charge in [0.05, 0.1) is 15.0 Å². The van der Waals surface area contributed by atoms with E-state index in [0.717, 1.165) is 5.56 Å². The Morgan fingerprint density at radius 2 is 1.85 bits per heavy atom. The monoisotopic (exact) mass is 281 g/mol. The lowest BCUT2D eigenvalue weighted by molar-refractivity contribution is 0.398. The van der Waals surface area contributed by atoms with Crippen LogP contribution < -0.4 is 0 Å². The van der Waals surface area contributed by atoms with E-state index in [2.05, 4.69) is 15.9 Å². The fraction of sp³-hybridized carbons (Fsp3) is 0.333. The molecule has 0 aliphatic carbocycles. The van der Waals surface area contributed by atoms with E-state index < -0.39 is 0 Å². The number of halogens is 3. The quantitative estimate of drug-likeness (QED) is 0.586. The van der Waals surface area contributed by atoms with Gasteiger partial charge in [-0.15, -0.1) is 0 Å². The first-order valence-electron chi connectivity index (χ1n) is 3.78. The van der Waals surface area contributed by atoms with Gasteiger partial charge in [0.1, 0.15) is 0 Å². The summed E-state index contributed by atoms with van der Waals surface area (Å²) in [7, 11) is 3.98. The molecule has 0 bridgehead atoms. The molecule has 1 aromatic carbocycles. The number of alkyl halides is 1. The van der Waals surface area contributed by atoms with Gasteiger partial charge in [0.2, 0.25) is 0 Å². The molecule has 0 aromatic heterocycles. The van der Waals surface area contributed by atoms with Crippen LogP contribution in [0.4, 0.5) is 0 Å². The predicted octanol–water partition coefficient (Wildman–Crippen LogP) is 3.95. The van der Waals surface area contributed by atoms with E-state index in [-0.39, 0.29) is 4.95 Å². The van der Waals surface area contributed by atoms with Crippen LogP contribution >= 0.6 is 39.1 Å². The SMILES string of the molecule is CN(C)C(Br)c1ccc(Cl)c(Cl)c1. The first-order chi connectivity index (χ1) is 6.02. The minimum atomic E-state index is 0.169. The minimum Gasteiger partial charge on any atom is -0.293 e. The molecule has 1 atom stereocenters. The molecule has 1 rings (SSSR count). The summed E-state index contributed by atoms with van der Waals surface area (Å²) in [5.41, 5.74) is 1.10. The van der Waals surface area contributed by atoms with Crippen molar-refractivity contribution in [3.05, 3.63) is 33.8 Å². The van der Waals surface area contributed by atoms with Crippen molar-refractivity contribution in [2.45, 2.75) is 4.95 Å². The average molecular weight is 283 g/mol. The van der Waals surface area contributed by atoms with Gasteiger partial charge < -0.3 is 0 Å². The van der Waals surface area contributed by atoms with Crippen molar-refractivity contribution in [2.24, 2.45) is 0 Å². The highest BCUT2D eigenvalue weighted by Gasteiger charge is 2.10. The first kappa shape index (κ1) is 11.3. The van der Waals surface area contributed by atoms with Crippen LogP contribution in [0, 0.1) is 0 Å². The van der Waals surface area contributed by atoms with Crippen molar-refractivity contribution in [3.63, 3.8) is 0 Å². The normalized spacial score (nSPS) is 13.4. The molecule has 0 fully saturated rings. The van der Waals surface area contributed by atoms with Crippen LogP contribution in [0.3, 0.4) is 0 Å². The highest BCUT2D eigenvalue weighted by Crippen LogP contribution is 2.30. The van der Waals surface area contributed by atoms with Crippen LogP contribution in [0.2, 0.25) is 10.0 Å². The summed E-state index contributed by atoms with van der Waals surface area (Å²) in [6, 6.07) is 5.62. The maximum Gasteiger partial charge on any atom is 0.0907 e. The number of hydrogen-bond donors (Lipinski definition) is 0. The van der Waals surface area contributed by atoms with E-state index in [1.54, 1.807) is 6.07 Å². The molecular formula is C9H10BrCl2N. The first-order valence-corrected chi connectivity index (χ1v) is 5.45. The number of rotatable bonds is 2. The molecule has 0 amide bonds. The third-order valence-corrected chi connectivity index (χ3v) is 3.76. The lowest BCUT2D eigenvalue weighted by atomic mass is 10.2. The van der Waals surface area contributed by atoms with E-state index in [1.807, 2.05) is 31.1 Å². The van der Waals surface area contributed by atoms with Crippen LogP contribution in [-0.2, 0) is 0 Å². The summed E-state index contributed by atoms with van der Waals surface area (Å²) < 4.78 is 0. The Morgan fingerprint density at radius 1 is 1.23 bits per heavy atom. The highest BCUT2D eigenvalue weighted by atomic mass is 79.9. The largest absolute Gasteiger partial charge is 0.293 e. The van der Waals surface area contributed by atoms with Crippen molar-refractivity contribution in [1.29, 1.82) is 0 Å². The van der Waals surface area contributed by atoms with E-state index in [4.69, 9.17) is 23.2 Å². The smallest absolute Gasteiger partial charge is 0.0907 e. The molecule has 0 aliphatic rings. The summed E-state index contributed by atoms with van der Waals surface area (Å²) in [5.74, 6) is 0. The van der Waals surface area contributed by atoms with Crippen molar-refractivity contribution >= 4 is 39.1 Å². The van der Waals surface area contributed by atoms with Gasteiger partial charge in [-0.3, -0.25) is 4.90 Å². The molecule has 1 unspecified atom stereocenters. The zero-order chi connectivity index (χ0) is 10.0. The van der Waals surface area contributed by atoms with Gasteiger partial charge in [-0.05, 0) is 31.8 Å². The van der Waals surface area contributed by atoms with Crippen molar-refractivity contribution in [2.75, 3.05) is 14.1 Å². The number of hydrogen-bond acceptors (Lipinski definition) is 1. The molecule has 0 aliphatic heterocycles. The van der Waals surface area contributed by atoms with Gasteiger partial charge >= 0.3 is 0 Å². The maximum atomic E-state index is 5.89. The van der Waals surface area contributed by atoms with Gasteiger partial charge in [0.15, 0.2) is 0 Å². The molecule has 4 heteroatoms. The Labute approximate surface area is 96.8 Å². The maximum absolute atomic E-state index is 5.89. The van der Waals surface area contributed by atoms with Gasteiger partial charge in [0.25, 0.3) is 0 Å². The zero-order valence-electron chi connectivity index (χ0n) is 7.39. The fourth-order valence-electron chi connectivity index (χ4n) is 0.959. The van der Waals surface area contributed by atoms with Crippen LogP contribution in [-0.4, -0.2) is 19.0 Å². The summed E-state index contributed by atoms with van der Waals surface area (Å²) in [6.07, 6.45) is 0. The van der Waals surface area contributed by atoms with Crippen LogP contribution in [0.1, 0.15) is 10.5 Å². The van der Waals surface area contributed by atoms with Gasteiger partial charge in [-0.1, -0.05) is 45.2 Å². The van der Waals surface area contributed by atoms with E-state index in [1.165, 1.54) is 0 Å². The van der Waals surface area contributed by atoms with Gasteiger partial charge in [0, 0.05) is 0 Å². The molecule has 0 saturated carbocycles. The summed E-state index contributed by atoms with van der Waals surface area (Å²) in [6.45, 7) is 0. The molecule has 13 heavy (non-hydrogen) atoms. The Bertz CT molecular complexity index is 302. The topological polar surface area (TPSA) is 3.24 Å². The van der Waals surface area contributed by atoms with Gasteiger partial charge in [-0.2, -0.15) is 0 Å². The molecule has 0 heterocycles. The van der Waals surface area contributed by atoms with Crippen molar-refractivity contribution in [1.82, 2.24) is 4.90 Å². The van der Waals surface area contributed by atoms with Crippen LogP contribution in [0.5, 0.6) is 0 Å². The number of benzene rings is 1. The second-order valence-electron chi connectivity index (χ2n) is 2.97. The summed E-state index contributed by atoms with van der Waals surface area (Å²) >= 11 is 15.2. The Kier molecular flexibility index (Phi) is 4.05. The molecule has 72 valence electrons. The Balaban J connectivity index is 2.97. The van der Waals surface area contributed by atoms with E-state index >= 15 is 0 Å². The summed E-state index contributed by atoms with van der Waals surface area (Å²) in [5, 5.41) is 1.18. The fourth-order valence-corrected chi connectivity index (χ4v) is 1.55. The standard InChI is InChI=1S/C9H10BrCl2N/c1-13(2)9(10)6-3-4-7(11)8(12)5-6/h3-5,9H,1-2H3. The molecule has 0 spiro atoms. The molecule has 0 radical (unpaired) electrons. The average Bonchev–Trinajstić information content (AvgIpc) is 2.08. The van der Waals surface area contributed by atoms with Crippen LogP contribution in [0.25, 0.3) is 0 Å². The highest BCUT2D eigenvalue weighted by molar-refractivity contribution is 9.09.